The zero-order valence-corrected chi connectivity index (χ0v) is 20.0. The molecule has 3 aliphatic rings. The molecule has 172 valence electrons. The third-order valence-electron chi connectivity index (χ3n) is 8.12. The Morgan fingerprint density at radius 1 is 0.879 bits per heavy atom. The van der Waals surface area contributed by atoms with E-state index in [9.17, 15) is 0 Å². The minimum atomic E-state index is 0.606. The smallest absolute Gasteiger partial charge is 0.0234 e. The van der Waals surface area contributed by atoms with Crippen molar-refractivity contribution in [1.82, 2.24) is 9.80 Å². The van der Waals surface area contributed by atoms with Crippen LogP contribution in [-0.2, 0) is 6.54 Å². The van der Waals surface area contributed by atoms with E-state index in [-0.39, 0.29) is 0 Å². The molecular weight excluding hydrogens is 400 g/mol. The average Bonchev–Trinajstić information content (AvgIpc) is 3.10. The Kier molecular flexibility index (Phi) is 7.24. The summed E-state index contributed by atoms with van der Waals surface area (Å²) in [5.74, 6) is 2.00. The molecule has 5 rings (SSSR count). The lowest BCUT2D eigenvalue weighted by molar-refractivity contribution is 0.111. The van der Waals surface area contributed by atoms with E-state index >= 15 is 0 Å². The lowest BCUT2D eigenvalue weighted by Gasteiger charge is -2.40. The van der Waals surface area contributed by atoms with Crippen molar-refractivity contribution >= 4 is 0 Å². The van der Waals surface area contributed by atoms with Crippen molar-refractivity contribution in [3.8, 4) is 0 Å². The Morgan fingerprint density at radius 3 is 2.36 bits per heavy atom. The summed E-state index contributed by atoms with van der Waals surface area (Å²) in [7, 11) is 0. The molecule has 0 radical (unpaired) electrons. The molecule has 3 atom stereocenters. The van der Waals surface area contributed by atoms with E-state index < -0.39 is 0 Å². The van der Waals surface area contributed by atoms with Crippen LogP contribution in [0.25, 0.3) is 0 Å². The molecule has 1 aliphatic carbocycles. The van der Waals surface area contributed by atoms with Gasteiger partial charge in [-0.05, 0) is 67.8 Å². The number of piperidine rings is 1. The van der Waals surface area contributed by atoms with Crippen LogP contribution in [0.1, 0.15) is 43.2 Å². The van der Waals surface area contributed by atoms with Gasteiger partial charge in [-0.2, -0.15) is 0 Å². The standard InChI is InChI=1S/C31H38N2/c1-25(33-20-18-28(19-21-33)27-14-10-5-11-15-27)30-23-32(22-26-12-6-4-7-13-26)24-31(30)29-16-8-2-3-9-17-29/h2,4-17,25,28,30-31H,3,18-24H2,1H3. The van der Waals surface area contributed by atoms with Gasteiger partial charge in [-0.3, -0.25) is 4.90 Å². The predicted octanol–water partition coefficient (Wildman–Crippen LogP) is 6.45. The molecule has 2 heteroatoms. The van der Waals surface area contributed by atoms with E-state index in [4.69, 9.17) is 0 Å². The average molecular weight is 439 g/mol. The van der Waals surface area contributed by atoms with E-state index in [1.165, 1.54) is 49.2 Å². The summed E-state index contributed by atoms with van der Waals surface area (Å²) in [5, 5.41) is 0. The Balaban J connectivity index is 1.29. The van der Waals surface area contributed by atoms with Crippen molar-refractivity contribution in [2.24, 2.45) is 11.8 Å². The molecule has 0 spiro atoms. The first-order chi connectivity index (χ1) is 16.3. The lowest BCUT2D eigenvalue weighted by atomic mass is 9.81. The van der Waals surface area contributed by atoms with Crippen molar-refractivity contribution in [2.75, 3.05) is 26.2 Å². The number of nitrogens with zero attached hydrogens (tertiary/aromatic N) is 2. The molecule has 2 aromatic rings. The van der Waals surface area contributed by atoms with Crippen LogP contribution < -0.4 is 0 Å². The number of hydrogen-bond acceptors (Lipinski definition) is 2. The Bertz CT molecular complexity index is 966. The van der Waals surface area contributed by atoms with Gasteiger partial charge in [-0.25, -0.2) is 0 Å². The molecule has 2 saturated heterocycles. The summed E-state index contributed by atoms with van der Waals surface area (Å²) in [6.45, 7) is 8.35. The zero-order valence-electron chi connectivity index (χ0n) is 20.0. The van der Waals surface area contributed by atoms with E-state index in [0.717, 1.165) is 25.4 Å². The van der Waals surface area contributed by atoms with Crippen molar-refractivity contribution in [1.29, 1.82) is 0 Å². The Morgan fingerprint density at radius 2 is 1.61 bits per heavy atom. The molecule has 2 heterocycles. The first-order valence-electron chi connectivity index (χ1n) is 12.9. The first kappa shape index (κ1) is 22.4. The SMILES string of the molecule is CC(C1CN(Cc2ccccc2)CC1C1=CC=CCC=C1)N1CCC(c2ccccc2)CC1. The van der Waals surface area contributed by atoms with Crippen LogP contribution in [0.15, 0.2) is 96.6 Å². The number of likely N-dealkylation sites (tertiary alicyclic amines) is 2. The maximum Gasteiger partial charge on any atom is 0.0234 e. The fraction of sp³-hybridized carbons (Fsp3) is 0.419. The van der Waals surface area contributed by atoms with Crippen molar-refractivity contribution in [3.63, 3.8) is 0 Å². The summed E-state index contributed by atoms with van der Waals surface area (Å²) in [6.07, 6.45) is 15.3. The molecule has 0 N–H and O–H groups in total. The van der Waals surface area contributed by atoms with Gasteiger partial charge in [0.25, 0.3) is 0 Å². The third-order valence-corrected chi connectivity index (χ3v) is 8.12. The van der Waals surface area contributed by atoms with Crippen LogP contribution in [0.3, 0.4) is 0 Å². The van der Waals surface area contributed by atoms with E-state index in [0.29, 0.717) is 17.9 Å². The minimum absolute atomic E-state index is 0.606. The Hall–Kier alpha value is -2.42. The molecule has 0 aromatic heterocycles. The minimum Gasteiger partial charge on any atom is -0.300 e. The van der Waals surface area contributed by atoms with Crippen LogP contribution in [0, 0.1) is 11.8 Å². The maximum atomic E-state index is 2.79. The number of allylic oxidation sites excluding steroid dienone is 5. The van der Waals surface area contributed by atoms with Gasteiger partial charge in [0.05, 0.1) is 0 Å². The van der Waals surface area contributed by atoms with Crippen LogP contribution in [-0.4, -0.2) is 42.0 Å². The predicted molar refractivity (Wildman–Crippen MR) is 139 cm³/mol. The second kappa shape index (κ2) is 10.7. The van der Waals surface area contributed by atoms with Crippen molar-refractivity contribution in [2.45, 2.75) is 44.7 Å². The van der Waals surface area contributed by atoms with E-state index in [2.05, 4.69) is 108 Å². The number of rotatable bonds is 6. The monoisotopic (exact) mass is 438 g/mol. The molecule has 2 nitrogen and oxygen atoms in total. The molecule has 2 aromatic carbocycles. The topological polar surface area (TPSA) is 6.48 Å². The fourth-order valence-corrected chi connectivity index (χ4v) is 6.20. The lowest BCUT2D eigenvalue weighted by Crippen LogP contribution is -2.45. The van der Waals surface area contributed by atoms with Crippen molar-refractivity contribution < 1.29 is 0 Å². The van der Waals surface area contributed by atoms with E-state index in [1.807, 2.05) is 0 Å². The van der Waals surface area contributed by atoms with Gasteiger partial charge >= 0.3 is 0 Å². The molecule has 33 heavy (non-hydrogen) atoms. The highest BCUT2D eigenvalue weighted by molar-refractivity contribution is 5.32. The van der Waals surface area contributed by atoms with Crippen LogP contribution in [0.2, 0.25) is 0 Å². The van der Waals surface area contributed by atoms with Gasteiger partial charge in [0.2, 0.25) is 0 Å². The summed E-state index contributed by atoms with van der Waals surface area (Å²) < 4.78 is 0. The highest BCUT2D eigenvalue weighted by Gasteiger charge is 2.40. The molecule has 0 amide bonds. The largest absolute Gasteiger partial charge is 0.300 e. The normalized spacial score (nSPS) is 25.7. The molecule has 0 saturated carbocycles. The van der Waals surface area contributed by atoms with Gasteiger partial charge in [0, 0.05) is 31.6 Å². The molecule has 2 fully saturated rings. The second-order valence-corrected chi connectivity index (χ2v) is 10.1. The molecular formula is C31H38N2. The van der Waals surface area contributed by atoms with E-state index in [1.54, 1.807) is 0 Å². The van der Waals surface area contributed by atoms with Gasteiger partial charge < -0.3 is 4.90 Å². The Labute approximate surface area is 200 Å². The maximum absolute atomic E-state index is 2.79. The van der Waals surface area contributed by atoms with Crippen LogP contribution in [0.5, 0.6) is 0 Å². The number of hydrogen-bond donors (Lipinski definition) is 0. The van der Waals surface area contributed by atoms with Crippen molar-refractivity contribution in [3.05, 3.63) is 108 Å². The second-order valence-electron chi connectivity index (χ2n) is 10.1. The molecule has 0 bridgehead atoms. The number of benzene rings is 2. The summed E-state index contributed by atoms with van der Waals surface area (Å²) >= 11 is 0. The van der Waals surface area contributed by atoms with Crippen LogP contribution in [0.4, 0.5) is 0 Å². The van der Waals surface area contributed by atoms with Gasteiger partial charge in [0.1, 0.15) is 0 Å². The molecule has 2 aliphatic heterocycles. The molecule has 3 unspecified atom stereocenters. The van der Waals surface area contributed by atoms with Gasteiger partial charge in [0.15, 0.2) is 0 Å². The quantitative estimate of drug-likeness (QED) is 0.512. The summed E-state index contributed by atoms with van der Waals surface area (Å²) in [4.78, 5) is 5.49. The zero-order chi connectivity index (χ0) is 22.5. The summed E-state index contributed by atoms with van der Waals surface area (Å²) in [5.41, 5.74) is 4.48. The van der Waals surface area contributed by atoms with Gasteiger partial charge in [-0.1, -0.05) is 91.0 Å². The van der Waals surface area contributed by atoms with Gasteiger partial charge in [-0.15, -0.1) is 0 Å². The fourth-order valence-electron chi connectivity index (χ4n) is 6.20. The highest BCUT2D eigenvalue weighted by atomic mass is 15.2. The third kappa shape index (κ3) is 5.39. The summed E-state index contributed by atoms with van der Waals surface area (Å²) in [6, 6.07) is 22.8. The first-order valence-corrected chi connectivity index (χ1v) is 12.9. The highest BCUT2D eigenvalue weighted by Crippen LogP contribution is 2.38. The van der Waals surface area contributed by atoms with Crippen LogP contribution >= 0.6 is 0 Å².